The van der Waals surface area contributed by atoms with Crippen molar-refractivity contribution in [2.24, 2.45) is 0 Å². The molecule has 174 valence electrons. The third-order valence-electron chi connectivity index (χ3n) is 7.00. The van der Waals surface area contributed by atoms with Crippen LogP contribution in [0.1, 0.15) is 93.9 Å². The summed E-state index contributed by atoms with van der Waals surface area (Å²) < 4.78 is 13.5. The molecule has 30 heavy (non-hydrogen) atoms. The van der Waals surface area contributed by atoms with Crippen LogP contribution >= 0.6 is 12.8 Å². The van der Waals surface area contributed by atoms with E-state index < -0.39 is 0 Å². The van der Waals surface area contributed by atoms with Gasteiger partial charge >= 0.3 is 11.9 Å². The third kappa shape index (κ3) is 5.92. The van der Waals surface area contributed by atoms with Crippen molar-refractivity contribution in [3.05, 3.63) is 0 Å². The van der Waals surface area contributed by atoms with Crippen LogP contribution in [-0.4, -0.2) is 62.6 Å². The molecule has 0 radical (unpaired) electrons. The van der Waals surface area contributed by atoms with Gasteiger partial charge in [-0.15, -0.1) is 0 Å². The molecule has 2 aliphatic heterocycles. The highest BCUT2D eigenvalue weighted by Crippen LogP contribution is 2.41. The lowest BCUT2D eigenvalue weighted by atomic mass is 9.79. The van der Waals surface area contributed by atoms with Gasteiger partial charge in [-0.05, 0) is 62.4 Å². The molecule has 2 fully saturated rings. The Kier molecular flexibility index (Phi) is 7.32. The molecule has 0 atom stereocenters. The summed E-state index contributed by atoms with van der Waals surface area (Å²) in [6.07, 6.45) is 2.83. The topological polar surface area (TPSA) is 59.1 Å². The maximum atomic E-state index is 12.4. The Hall–Kier alpha value is -0.790. The smallest absolute Gasteiger partial charge is 0.306 e. The first-order valence-corrected chi connectivity index (χ1v) is 11.5. The second-order valence-electron chi connectivity index (χ2n) is 11.7. The van der Waals surface area contributed by atoms with Crippen molar-refractivity contribution in [3.8, 4) is 0 Å². The van der Waals surface area contributed by atoms with Gasteiger partial charge in [0.1, 0.15) is 12.2 Å². The van der Waals surface area contributed by atoms with E-state index in [1.165, 1.54) is 0 Å². The number of ether oxygens (including phenoxy) is 2. The standard InChI is InChI=1S/C23H42N2O4S/c1-20(2)12-16(13-21(3,4)24(20)9)28-18(26)10-11-19(27)29-17-14-22(5,6)25(30)23(7,8)15-17/h16-17,30H,10-15H2,1-9H3. The minimum Gasteiger partial charge on any atom is -0.462 e. The quantitative estimate of drug-likeness (QED) is 0.504. The van der Waals surface area contributed by atoms with Crippen LogP contribution in [0.3, 0.4) is 0 Å². The Morgan fingerprint density at radius 3 is 1.37 bits per heavy atom. The van der Waals surface area contributed by atoms with Crippen LogP contribution in [0.2, 0.25) is 0 Å². The van der Waals surface area contributed by atoms with E-state index in [4.69, 9.17) is 9.47 Å². The van der Waals surface area contributed by atoms with E-state index in [0.29, 0.717) is 0 Å². The molecule has 7 heteroatoms. The zero-order valence-electron chi connectivity index (χ0n) is 20.4. The molecule has 0 aromatic heterocycles. The highest BCUT2D eigenvalue weighted by molar-refractivity contribution is 7.77. The normalized spacial score (nSPS) is 26.9. The molecule has 0 amide bonds. The van der Waals surface area contributed by atoms with Gasteiger partial charge in [-0.25, -0.2) is 4.31 Å². The third-order valence-corrected chi connectivity index (χ3v) is 8.08. The van der Waals surface area contributed by atoms with Crippen LogP contribution in [-0.2, 0) is 19.1 Å². The Balaban J connectivity index is 1.83. The first kappa shape index (κ1) is 25.5. The van der Waals surface area contributed by atoms with Gasteiger partial charge in [0.2, 0.25) is 0 Å². The lowest BCUT2D eigenvalue weighted by Gasteiger charge is -2.53. The average Bonchev–Trinajstić information content (AvgIpc) is 2.54. The Morgan fingerprint density at radius 2 is 1.03 bits per heavy atom. The number of hydrogen-bond acceptors (Lipinski definition) is 7. The van der Waals surface area contributed by atoms with Gasteiger partial charge in [0.15, 0.2) is 0 Å². The van der Waals surface area contributed by atoms with E-state index in [-0.39, 0.29) is 59.1 Å². The van der Waals surface area contributed by atoms with Crippen molar-refractivity contribution < 1.29 is 19.1 Å². The van der Waals surface area contributed by atoms with Gasteiger partial charge in [-0.1, -0.05) is 12.8 Å². The molecule has 0 spiro atoms. The van der Waals surface area contributed by atoms with Gasteiger partial charge in [-0.2, -0.15) is 0 Å². The van der Waals surface area contributed by atoms with Crippen LogP contribution in [0.5, 0.6) is 0 Å². The van der Waals surface area contributed by atoms with Crippen molar-refractivity contribution in [2.75, 3.05) is 7.05 Å². The molecule has 0 aliphatic carbocycles. The zero-order valence-corrected chi connectivity index (χ0v) is 21.3. The first-order valence-electron chi connectivity index (χ1n) is 11.1. The maximum Gasteiger partial charge on any atom is 0.306 e. The van der Waals surface area contributed by atoms with Crippen molar-refractivity contribution >= 4 is 24.8 Å². The number of esters is 2. The number of carbonyl (C=O) groups is 2. The second-order valence-corrected chi connectivity index (χ2v) is 12.1. The summed E-state index contributed by atoms with van der Waals surface area (Å²) in [6.45, 7) is 17.1. The van der Waals surface area contributed by atoms with E-state index in [2.05, 4.69) is 80.2 Å². The van der Waals surface area contributed by atoms with Crippen LogP contribution in [0.15, 0.2) is 0 Å². The van der Waals surface area contributed by atoms with Gasteiger partial charge in [0.05, 0.1) is 12.8 Å². The average molecular weight is 443 g/mol. The van der Waals surface area contributed by atoms with Crippen LogP contribution in [0.4, 0.5) is 0 Å². The monoisotopic (exact) mass is 442 g/mol. The minimum absolute atomic E-state index is 0.0485. The largest absolute Gasteiger partial charge is 0.462 e. The number of thiol groups is 1. The lowest BCUT2D eigenvalue weighted by Crippen LogP contribution is -2.60. The first-order chi connectivity index (χ1) is 13.5. The van der Waals surface area contributed by atoms with Crippen LogP contribution in [0.25, 0.3) is 0 Å². The highest BCUT2D eigenvalue weighted by atomic mass is 32.1. The summed E-state index contributed by atoms with van der Waals surface area (Å²) in [5.41, 5.74) is -0.453. The number of nitrogens with zero attached hydrogens (tertiary/aromatic N) is 2. The fourth-order valence-electron chi connectivity index (χ4n) is 5.32. The predicted octanol–water partition coefficient (Wildman–Crippen LogP) is 4.37. The number of hydrogen-bond donors (Lipinski definition) is 1. The molecule has 0 unspecified atom stereocenters. The van der Waals surface area contributed by atoms with Gasteiger partial charge in [-0.3, -0.25) is 14.5 Å². The van der Waals surface area contributed by atoms with E-state index in [1.807, 2.05) is 4.31 Å². The fourth-order valence-corrected chi connectivity index (χ4v) is 5.48. The zero-order chi connectivity index (χ0) is 23.1. The molecule has 0 aromatic rings. The Morgan fingerprint density at radius 1 is 0.733 bits per heavy atom. The van der Waals surface area contributed by atoms with Crippen LogP contribution in [0, 0.1) is 0 Å². The molecule has 2 heterocycles. The van der Waals surface area contributed by atoms with E-state index in [1.54, 1.807) is 0 Å². The maximum absolute atomic E-state index is 12.4. The summed E-state index contributed by atoms with van der Waals surface area (Å²) in [4.78, 5) is 27.1. The van der Waals surface area contributed by atoms with Crippen molar-refractivity contribution in [1.29, 1.82) is 0 Å². The number of likely N-dealkylation sites (tertiary alicyclic amines) is 1. The summed E-state index contributed by atoms with van der Waals surface area (Å²) >= 11 is 4.64. The summed E-state index contributed by atoms with van der Waals surface area (Å²) in [6, 6.07) is 0. The molecule has 2 rings (SSSR count). The van der Waals surface area contributed by atoms with E-state index in [0.717, 1.165) is 25.7 Å². The van der Waals surface area contributed by atoms with Gasteiger partial charge < -0.3 is 9.47 Å². The summed E-state index contributed by atoms with van der Waals surface area (Å²) in [7, 11) is 2.12. The van der Waals surface area contributed by atoms with E-state index in [9.17, 15) is 9.59 Å². The molecule has 0 saturated carbocycles. The van der Waals surface area contributed by atoms with Crippen LogP contribution < -0.4 is 0 Å². The molecular weight excluding hydrogens is 400 g/mol. The SMILES string of the molecule is CN1C(C)(C)CC(OC(=O)CCC(=O)OC2CC(C)(C)N(S)C(C)(C)C2)CC1(C)C. The summed E-state index contributed by atoms with van der Waals surface area (Å²) in [5.74, 6) is -0.654. The molecule has 0 bridgehead atoms. The van der Waals surface area contributed by atoms with Gasteiger partial charge in [0, 0.05) is 47.8 Å². The fraction of sp³-hybridized carbons (Fsp3) is 0.913. The van der Waals surface area contributed by atoms with Crippen molar-refractivity contribution in [1.82, 2.24) is 9.21 Å². The number of piperidine rings is 2. The Bertz CT molecular complexity index is 568. The van der Waals surface area contributed by atoms with Crippen molar-refractivity contribution in [2.45, 2.75) is 128 Å². The predicted molar refractivity (Wildman–Crippen MR) is 122 cm³/mol. The molecule has 0 N–H and O–H groups in total. The molecular formula is C23H42N2O4S. The van der Waals surface area contributed by atoms with Gasteiger partial charge in [0.25, 0.3) is 0 Å². The highest BCUT2D eigenvalue weighted by Gasteiger charge is 2.46. The molecule has 6 nitrogen and oxygen atoms in total. The van der Waals surface area contributed by atoms with E-state index >= 15 is 0 Å². The Labute approximate surface area is 188 Å². The second kappa shape index (κ2) is 8.62. The number of carbonyl (C=O) groups excluding carboxylic acids is 2. The molecule has 0 aromatic carbocycles. The lowest BCUT2D eigenvalue weighted by molar-refractivity contribution is -0.164. The molecule has 2 saturated heterocycles. The minimum atomic E-state index is -0.333. The molecule has 2 aliphatic rings. The number of rotatable bonds is 5. The van der Waals surface area contributed by atoms with Crippen molar-refractivity contribution in [3.63, 3.8) is 0 Å². The summed E-state index contributed by atoms with van der Waals surface area (Å²) in [5, 5.41) is 0.